The average Bonchev–Trinajstić information content (AvgIpc) is 2.95. The maximum Gasteiger partial charge on any atom is 0.338 e. The zero-order chi connectivity index (χ0) is 25.5. The number of esters is 1. The van der Waals surface area contributed by atoms with Crippen LogP contribution in [0.4, 0.5) is 0 Å². The lowest BCUT2D eigenvalue weighted by molar-refractivity contribution is 0.0526. The fraction of sp³-hybridized carbons (Fsp3) is 0.0714. The molecule has 8 nitrogen and oxygen atoms in total. The fourth-order valence-electron chi connectivity index (χ4n) is 3.22. The molecule has 0 saturated heterocycles. The number of nitrogens with two attached hydrogens (primary N) is 3. The molecule has 0 atom stereocenters. The second-order valence-electron chi connectivity index (χ2n) is 7.09. The van der Waals surface area contributed by atoms with Crippen LogP contribution in [0.25, 0.3) is 22.3 Å². The first-order valence-corrected chi connectivity index (χ1v) is 10.9. The Morgan fingerprint density at radius 3 is 1.53 bits per heavy atom. The van der Waals surface area contributed by atoms with Gasteiger partial charge in [-0.2, -0.15) is 0 Å². The molecule has 0 aliphatic rings. The van der Waals surface area contributed by atoms with Crippen molar-refractivity contribution in [2.75, 3.05) is 6.61 Å². The third-order valence-corrected chi connectivity index (χ3v) is 4.84. The number of nitrogens with one attached hydrogen (secondary N) is 1. The van der Waals surface area contributed by atoms with Crippen LogP contribution < -0.4 is 23.0 Å². The molecule has 4 aromatic rings. The molecule has 0 unspecified atom stereocenters. The molecule has 4 rings (SSSR count). The van der Waals surface area contributed by atoms with Crippen molar-refractivity contribution < 1.29 is 19.8 Å². The maximum absolute atomic E-state index is 11.6. The fourth-order valence-corrected chi connectivity index (χ4v) is 3.22. The lowest BCUT2D eigenvalue weighted by Gasteiger charge is -2.05. The third-order valence-electron chi connectivity index (χ3n) is 4.84. The van der Waals surface area contributed by atoms with E-state index in [4.69, 9.17) is 10.6 Å². The van der Waals surface area contributed by atoms with Crippen LogP contribution in [-0.4, -0.2) is 24.0 Å². The van der Waals surface area contributed by atoms with Gasteiger partial charge >= 0.3 is 5.97 Å². The molecule has 0 bridgehead atoms. The standard InChI is InChI=1S/C15H14O2.C13H12N2O.H4N2.H2O/c1-2-17-15(16)14-10-6-9-13(11-14)12-7-4-3-5-8-12;14-15-13(16)12-8-4-7-11(9-12)10-5-2-1-3-6-10;1-2;/h3-11H,2H2,1H3;1-9H,14H2,(H,15,16);1-2H2;1H2. The molecule has 9 N–H and O–H groups in total. The monoisotopic (exact) mass is 488 g/mol. The van der Waals surface area contributed by atoms with Gasteiger partial charge in [-0.15, -0.1) is 0 Å². The van der Waals surface area contributed by atoms with Gasteiger partial charge in [-0.25, -0.2) is 10.6 Å². The highest BCUT2D eigenvalue weighted by atomic mass is 16.5. The van der Waals surface area contributed by atoms with Gasteiger partial charge in [0.05, 0.1) is 12.2 Å². The van der Waals surface area contributed by atoms with E-state index in [1.165, 1.54) is 0 Å². The summed E-state index contributed by atoms with van der Waals surface area (Å²) in [6.07, 6.45) is 0. The van der Waals surface area contributed by atoms with Crippen LogP contribution in [0, 0.1) is 0 Å². The number of carbonyl (C=O) groups is 2. The van der Waals surface area contributed by atoms with Crippen LogP contribution in [0.15, 0.2) is 109 Å². The van der Waals surface area contributed by atoms with Crippen LogP contribution in [0.2, 0.25) is 0 Å². The van der Waals surface area contributed by atoms with Crippen LogP contribution in [-0.2, 0) is 4.74 Å². The summed E-state index contributed by atoms with van der Waals surface area (Å²) in [5, 5.41) is 0. The van der Waals surface area contributed by atoms with E-state index in [9.17, 15) is 9.59 Å². The molecule has 0 spiro atoms. The third kappa shape index (κ3) is 8.79. The quantitative estimate of drug-likeness (QED) is 0.145. The minimum Gasteiger partial charge on any atom is -0.462 e. The van der Waals surface area contributed by atoms with E-state index < -0.39 is 0 Å². The molecular formula is C28H32N4O4. The van der Waals surface area contributed by atoms with E-state index in [2.05, 4.69) is 17.1 Å². The summed E-state index contributed by atoms with van der Waals surface area (Å²) in [4.78, 5) is 23.0. The van der Waals surface area contributed by atoms with E-state index in [0.29, 0.717) is 17.7 Å². The molecule has 0 aromatic heterocycles. The maximum atomic E-state index is 11.6. The van der Waals surface area contributed by atoms with E-state index in [1.807, 2.05) is 97.1 Å². The number of nitrogen functional groups attached to an aromatic ring is 1. The lowest BCUT2D eigenvalue weighted by Crippen LogP contribution is -2.29. The van der Waals surface area contributed by atoms with Crippen molar-refractivity contribution in [3.63, 3.8) is 0 Å². The van der Waals surface area contributed by atoms with Gasteiger partial charge in [-0.05, 0) is 53.4 Å². The Hall–Kier alpha value is -4.34. The molecule has 36 heavy (non-hydrogen) atoms. The van der Waals surface area contributed by atoms with E-state index in [1.54, 1.807) is 19.1 Å². The van der Waals surface area contributed by atoms with Gasteiger partial charge in [0.25, 0.3) is 5.91 Å². The van der Waals surface area contributed by atoms with E-state index >= 15 is 0 Å². The molecule has 0 aliphatic carbocycles. The number of benzene rings is 4. The van der Waals surface area contributed by atoms with Gasteiger partial charge in [-0.3, -0.25) is 21.9 Å². The van der Waals surface area contributed by atoms with Gasteiger partial charge in [-0.1, -0.05) is 84.9 Å². The topological polar surface area (TPSA) is 165 Å². The number of hydrogen-bond acceptors (Lipinski definition) is 6. The van der Waals surface area contributed by atoms with Gasteiger partial charge in [0, 0.05) is 5.56 Å². The number of hydrogen-bond donors (Lipinski definition) is 4. The summed E-state index contributed by atoms with van der Waals surface area (Å²) in [5.41, 5.74) is 7.47. The summed E-state index contributed by atoms with van der Waals surface area (Å²) >= 11 is 0. The molecule has 8 heteroatoms. The van der Waals surface area contributed by atoms with Crippen molar-refractivity contribution in [3.8, 4) is 22.3 Å². The first-order valence-electron chi connectivity index (χ1n) is 10.9. The molecule has 0 heterocycles. The van der Waals surface area contributed by atoms with E-state index in [-0.39, 0.29) is 17.4 Å². The SMILES string of the molecule is CCOC(=O)c1cccc(-c2ccccc2)c1.NN.NNC(=O)c1cccc(-c2ccccc2)c1.O. The molecule has 0 aliphatic heterocycles. The number of ether oxygens (including phenoxy) is 1. The number of amides is 1. The smallest absolute Gasteiger partial charge is 0.338 e. The summed E-state index contributed by atoms with van der Waals surface area (Å²) in [6, 6.07) is 34.7. The molecule has 4 aromatic carbocycles. The van der Waals surface area contributed by atoms with Crippen molar-refractivity contribution in [2.45, 2.75) is 6.92 Å². The van der Waals surface area contributed by atoms with Gasteiger partial charge in [0.2, 0.25) is 0 Å². The largest absolute Gasteiger partial charge is 0.462 e. The Morgan fingerprint density at radius 1 is 0.667 bits per heavy atom. The van der Waals surface area contributed by atoms with Crippen molar-refractivity contribution in [3.05, 3.63) is 120 Å². The highest BCUT2D eigenvalue weighted by Gasteiger charge is 2.07. The molecular weight excluding hydrogens is 456 g/mol. The minimum atomic E-state index is -0.280. The molecule has 0 fully saturated rings. The summed E-state index contributed by atoms with van der Waals surface area (Å²) in [7, 11) is 0. The highest BCUT2D eigenvalue weighted by molar-refractivity contribution is 5.95. The first-order chi connectivity index (χ1) is 17.1. The Bertz CT molecular complexity index is 1200. The number of rotatable bonds is 5. The van der Waals surface area contributed by atoms with Crippen LogP contribution in [0.5, 0.6) is 0 Å². The number of carbonyl (C=O) groups excluding carboxylic acids is 2. The Balaban J connectivity index is 0.000000329. The molecule has 1 amide bonds. The van der Waals surface area contributed by atoms with Crippen molar-refractivity contribution in [1.82, 2.24) is 5.43 Å². The predicted molar refractivity (Wildman–Crippen MR) is 143 cm³/mol. The highest BCUT2D eigenvalue weighted by Crippen LogP contribution is 2.21. The summed E-state index contributed by atoms with van der Waals surface area (Å²) in [5.74, 6) is 12.5. The summed E-state index contributed by atoms with van der Waals surface area (Å²) < 4.78 is 4.98. The Kier molecular flexibility index (Phi) is 13.5. The van der Waals surface area contributed by atoms with Crippen molar-refractivity contribution >= 4 is 11.9 Å². The van der Waals surface area contributed by atoms with Gasteiger partial charge < -0.3 is 10.2 Å². The van der Waals surface area contributed by atoms with Gasteiger partial charge in [0.15, 0.2) is 0 Å². The van der Waals surface area contributed by atoms with E-state index in [0.717, 1.165) is 22.3 Å². The number of hydrazine groups is 2. The van der Waals surface area contributed by atoms with Crippen LogP contribution >= 0.6 is 0 Å². The first kappa shape index (κ1) is 29.7. The Morgan fingerprint density at radius 2 is 1.08 bits per heavy atom. The zero-order valence-electron chi connectivity index (χ0n) is 20.1. The van der Waals surface area contributed by atoms with Crippen molar-refractivity contribution in [1.29, 1.82) is 0 Å². The second kappa shape index (κ2) is 16.3. The van der Waals surface area contributed by atoms with Gasteiger partial charge in [0.1, 0.15) is 0 Å². The zero-order valence-corrected chi connectivity index (χ0v) is 20.1. The Labute approximate surface area is 211 Å². The van der Waals surface area contributed by atoms with Crippen molar-refractivity contribution in [2.24, 2.45) is 17.5 Å². The minimum absolute atomic E-state index is 0. The lowest BCUT2D eigenvalue weighted by atomic mass is 10.0. The average molecular weight is 489 g/mol. The second-order valence-corrected chi connectivity index (χ2v) is 7.09. The molecule has 0 radical (unpaired) electrons. The van der Waals surface area contributed by atoms with Crippen LogP contribution in [0.3, 0.4) is 0 Å². The predicted octanol–water partition coefficient (Wildman–Crippen LogP) is 3.48. The normalized spacial score (nSPS) is 9.22. The molecule has 188 valence electrons. The molecule has 0 saturated carbocycles. The van der Waals surface area contributed by atoms with Crippen LogP contribution in [0.1, 0.15) is 27.6 Å². The summed E-state index contributed by atoms with van der Waals surface area (Å²) in [6.45, 7) is 2.20.